The summed E-state index contributed by atoms with van der Waals surface area (Å²) >= 11 is 0. The number of anilines is 1. The summed E-state index contributed by atoms with van der Waals surface area (Å²) in [4.78, 5) is 9.25. The second-order valence-corrected chi connectivity index (χ2v) is 7.57. The highest BCUT2D eigenvalue weighted by Gasteiger charge is 2.34. The molecular weight excluding hydrogens is 258 g/mol. The van der Waals surface area contributed by atoms with E-state index < -0.39 is 0 Å². The van der Waals surface area contributed by atoms with Crippen molar-refractivity contribution in [2.24, 2.45) is 11.3 Å². The molecule has 118 valence electrons. The number of nitrogens with zero attached hydrogens (tertiary/aromatic N) is 2. The molecule has 0 atom stereocenters. The fourth-order valence-electron chi connectivity index (χ4n) is 3.68. The highest BCUT2D eigenvalue weighted by atomic mass is 15.1. The molecule has 0 bridgehead atoms. The maximum atomic E-state index is 4.68. The van der Waals surface area contributed by atoms with Crippen LogP contribution in [-0.4, -0.2) is 16.5 Å². The van der Waals surface area contributed by atoms with Crippen molar-refractivity contribution in [3.63, 3.8) is 0 Å². The van der Waals surface area contributed by atoms with E-state index in [1.807, 2.05) is 0 Å². The van der Waals surface area contributed by atoms with E-state index in [2.05, 4.69) is 56.0 Å². The van der Waals surface area contributed by atoms with Crippen LogP contribution in [0, 0.1) is 18.3 Å². The smallest absolute Gasteiger partial charge is 0.223 e. The van der Waals surface area contributed by atoms with Gasteiger partial charge in [0, 0.05) is 17.9 Å². The summed E-state index contributed by atoms with van der Waals surface area (Å²) in [5, 5.41) is 3.55. The lowest BCUT2D eigenvalue weighted by molar-refractivity contribution is 0.252. The molecule has 1 heterocycles. The molecule has 1 aliphatic rings. The summed E-state index contributed by atoms with van der Waals surface area (Å²) in [6.45, 7) is 12.1. The van der Waals surface area contributed by atoms with E-state index in [1.165, 1.54) is 32.1 Å². The van der Waals surface area contributed by atoms with Crippen LogP contribution in [0.3, 0.4) is 0 Å². The van der Waals surface area contributed by atoms with Crippen molar-refractivity contribution in [3.05, 3.63) is 17.5 Å². The van der Waals surface area contributed by atoms with Crippen molar-refractivity contribution in [2.75, 3.05) is 11.9 Å². The van der Waals surface area contributed by atoms with Gasteiger partial charge in [0.2, 0.25) is 5.95 Å². The summed E-state index contributed by atoms with van der Waals surface area (Å²) in [7, 11) is 0. The van der Waals surface area contributed by atoms with Crippen LogP contribution in [0.4, 0.5) is 5.95 Å². The number of nitrogens with one attached hydrogen (secondary N) is 1. The van der Waals surface area contributed by atoms with Gasteiger partial charge in [-0.05, 0) is 49.5 Å². The maximum absolute atomic E-state index is 4.68. The van der Waals surface area contributed by atoms with Gasteiger partial charge in [-0.15, -0.1) is 0 Å². The van der Waals surface area contributed by atoms with Crippen molar-refractivity contribution < 1.29 is 0 Å². The first-order chi connectivity index (χ1) is 9.90. The topological polar surface area (TPSA) is 37.8 Å². The zero-order chi connectivity index (χ0) is 15.5. The van der Waals surface area contributed by atoms with Gasteiger partial charge >= 0.3 is 0 Å². The standard InChI is InChI=1S/C18H31N3/c1-13(2)11-18(8-6-7-9-18)12-19-17-20-15(5)10-16(21-17)14(3)4/h10,13-14H,6-9,11-12H2,1-5H3,(H,19,20,21). The lowest BCUT2D eigenvalue weighted by Crippen LogP contribution is -2.29. The largest absolute Gasteiger partial charge is 0.354 e. The van der Waals surface area contributed by atoms with Crippen LogP contribution in [0.1, 0.15) is 77.1 Å². The number of hydrogen-bond donors (Lipinski definition) is 1. The van der Waals surface area contributed by atoms with Gasteiger partial charge < -0.3 is 5.32 Å². The van der Waals surface area contributed by atoms with E-state index in [1.54, 1.807) is 0 Å². The van der Waals surface area contributed by atoms with Crippen LogP contribution in [0.25, 0.3) is 0 Å². The fraction of sp³-hybridized carbons (Fsp3) is 0.778. The molecule has 1 aromatic heterocycles. The van der Waals surface area contributed by atoms with Crippen molar-refractivity contribution in [2.45, 2.75) is 72.6 Å². The molecule has 0 radical (unpaired) electrons. The Hall–Kier alpha value is -1.12. The van der Waals surface area contributed by atoms with Crippen LogP contribution in [0.15, 0.2) is 6.07 Å². The Balaban J connectivity index is 2.07. The minimum atomic E-state index is 0.448. The Labute approximate surface area is 130 Å². The Morgan fingerprint density at radius 3 is 2.38 bits per heavy atom. The molecule has 0 amide bonds. The minimum absolute atomic E-state index is 0.448. The second-order valence-electron chi connectivity index (χ2n) is 7.57. The summed E-state index contributed by atoms with van der Waals surface area (Å²) in [6.07, 6.45) is 6.76. The van der Waals surface area contributed by atoms with Gasteiger partial charge in [0.05, 0.1) is 0 Å². The third kappa shape index (κ3) is 4.42. The first-order valence-corrected chi connectivity index (χ1v) is 8.50. The lowest BCUT2D eigenvalue weighted by Gasteiger charge is -2.31. The molecule has 1 fully saturated rings. The summed E-state index contributed by atoms with van der Waals surface area (Å²) in [5.74, 6) is 2.02. The Morgan fingerprint density at radius 1 is 1.14 bits per heavy atom. The Bertz CT molecular complexity index is 460. The third-order valence-corrected chi connectivity index (χ3v) is 4.59. The van der Waals surface area contributed by atoms with E-state index in [0.29, 0.717) is 11.3 Å². The molecule has 0 saturated heterocycles. The molecule has 1 aliphatic carbocycles. The number of hydrogen-bond acceptors (Lipinski definition) is 3. The first kappa shape index (κ1) is 16.3. The number of aryl methyl sites for hydroxylation is 1. The van der Waals surface area contributed by atoms with Crippen molar-refractivity contribution in [1.82, 2.24) is 9.97 Å². The molecule has 1 aromatic rings. The normalized spacial score (nSPS) is 17.7. The molecule has 1 N–H and O–H groups in total. The first-order valence-electron chi connectivity index (χ1n) is 8.50. The average molecular weight is 289 g/mol. The van der Waals surface area contributed by atoms with Gasteiger partial charge in [-0.2, -0.15) is 0 Å². The van der Waals surface area contributed by atoms with Gasteiger partial charge in [-0.25, -0.2) is 9.97 Å². The van der Waals surface area contributed by atoms with Crippen LogP contribution in [0.5, 0.6) is 0 Å². The van der Waals surface area contributed by atoms with Crippen molar-refractivity contribution in [3.8, 4) is 0 Å². The maximum Gasteiger partial charge on any atom is 0.223 e. The molecule has 0 unspecified atom stereocenters. The molecule has 3 heteroatoms. The zero-order valence-electron chi connectivity index (χ0n) is 14.4. The molecule has 21 heavy (non-hydrogen) atoms. The van der Waals surface area contributed by atoms with Crippen LogP contribution < -0.4 is 5.32 Å². The van der Waals surface area contributed by atoms with Gasteiger partial charge in [0.25, 0.3) is 0 Å². The minimum Gasteiger partial charge on any atom is -0.354 e. The van der Waals surface area contributed by atoms with E-state index in [9.17, 15) is 0 Å². The zero-order valence-corrected chi connectivity index (χ0v) is 14.4. The predicted molar refractivity (Wildman–Crippen MR) is 89.7 cm³/mol. The molecule has 3 nitrogen and oxygen atoms in total. The van der Waals surface area contributed by atoms with E-state index in [4.69, 9.17) is 0 Å². The quantitative estimate of drug-likeness (QED) is 0.807. The van der Waals surface area contributed by atoms with E-state index >= 15 is 0 Å². The molecule has 2 rings (SSSR count). The van der Waals surface area contributed by atoms with Gasteiger partial charge in [0.1, 0.15) is 0 Å². The highest BCUT2D eigenvalue weighted by molar-refractivity contribution is 5.29. The summed E-state index contributed by atoms with van der Waals surface area (Å²) in [5.41, 5.74) is 2.65. The third-order valence-electron chi connectivity index (χ3n) is 4.59. The Kier molecular flexibility index (Phi) is 5.23. The van der Waals surface area contributed by atoms with Crippen LogP contribution in [0.2, 0.25) is 0 Å². The van der Waals surface area contributed by atoms with Crippen LogP contribution >= 0.6 is 0 Å². The fourth-order valence-corrected chi connectivity index (χ4v) is 3.68. The molecule has 0 spiro atoms. The number of aromatic nitrogens is 2. The Morgan fingerprint density at radius 2 is 1.81 bits per heavy atom. The molecule has 0 aliphatic heterocycles. The molecular formula is C18H31N3. The van der Waals surface area contributed by atoms with Gasteiger partial charge in [0.15, 0.2) is 0 Å². The lowest BCUT2D eigenvalue weighted by atomic mass is 9.78. The highest BCUT2D eigenvalue weighted by Crippen LogP contribution is 2.43. The van der Waals surface area contributed by atoms with E-state index in [-0.39, 0.29) is 0 Å². The summed E-state index contributed by atoms with van der Waals surface area (Å²) in [6, 6.07) is 2.09. The van der Waals surface area contributed by atoms with Crippen LogP contribution in [-0.2, 0) is 0 Å². The summed E-state index contributed by atoms with van der Waals surface area (Å²) < 4.78 is 0. The molecule has 1 saturated carbocycles. The number of rotatable bonds is 6. The monoisotopic (exact) mass is 289 g/mol. The molecule has 0 aromatic carbocycles. The second kappa shape index (κ2) is 6.76. The van der Waals surface area contributed by atoms with Gasteiger partial charge in [-0.1, -0.05) is 40.5 Å². The van der Waals surface area contributed by atoms with E-state index in [0.717, 1.165) is 29.8 Å². The average Bonchev–Trinajstić information content (AvgIpc) is 2.84. The predicted octanol–water partition coefficient (Wildman–Crippen LogP) is 4.93. The van der Waals surface area contributed by atoms with Gasteiger partial charge in [-0.3, -0.25) is 0 Å². The SMILES string of the molecule is Cc1cc(C(C)C)nc(NCC2(CC(C)C)CCCC2)n1. The van der Waals surface area contributed by atoms with Crippen molar-refractivity contribution in [1.29, 1.82) is 0 Å². The van der Waals surface area contributed by atoms with Crippen molar-refractivity contribution >= 4 is 5.95 Å².